The Morgan fingerprint density at radius 2 is 1.84 bits per heavy atom. The van der Waals surface area contributed by atoms with Crippen LogP contribution in [0, 0.1) is 0 Å². The van der Waals surface area contributed by atoms with Crippen LogP contribution in [0.2, 0.25) is 0 Å². The average Bonchev–Trinajstić information content (AvgIpc) is 3.13. The Labute approximate surface area is 151 Å². The van der Waals surface area contributed by atoms with Crippen molar-refractivity contribution in [3.8, 4) is 11.5 Å². The van der Waals surface area contributed by atoms with Crippen molar-refractivity contribution in [1.82, 2.24) is 10.0 Å². The van der Waals surface area contributed by atoms with Gasteiger partial charge in [0, 0.05) is 29.6 Å². The Morgan fingerprint density at radius 1 is 1.16 bits per heavy atom. The first-order chi connectivity index (χ1) is 11.9. The molecule has 2 N–H and O–H groups in total. The van der Waals surface area contributed by atoms with Gasteiger partial charge in [0.05, 0.1) is 20.0 Å². The van der Waals surface area contributed by atoms with Crippen LogP contribution in [0.1, 0.15) is 15.2 Å². The fourth-order valence-corrected chi connectivity index (χ4v) is 3.63. The molecule has 1 aromatic carbocycles. The van der Waals surface area contributed by atoms with Crippen LogP contribution >= 0.6 is 11.3 Å². The maximum atomic E-state index is 12.2. The minimum atomic E-state index is -3.47. The molecule has 0 aliphatic rings. The molecule has 25 heavy (non-hydrogen) atoms. The van der Waals surface area contributed by atoms with Gasteiger partial charge in [0.2, 0.25) is 10.0 Å². The zero-order chi connectivity index (χ0) is 18.3. The third kappa shape index (κ3) is 6.04. The van der Waals surface area contributed by atoms with Crippen LogP contribution < -0.4 is 19.5 Å². The second-order valence-electron chi connectivity index (χ2n) is 5.08. The van der Waals surface area contributed by atoms with Gasteiger partial charge in [-0.15, -0.1) is 11.3 Å². The van der Waals surface area contributed by atoms with Crippen molar-refractivity contribution in [1.29, 1.82) is 0 Å². The molecule has 0 saturated carbocycles. The fraction of sp³-hybridized carbons (Fsp3) is 0.312. The molecule has 0 radical (unpaired) electrons. The maximum absolute atomic E-state index is 12.2. The molecular weight excluding hydrogens is 364 g/mol. The summed E-state index contributed by atoms with van der Waals surface area (Å²) in [6.07, 6.45) is 0. The number of hydrogen-bond donors (Lipinski definition) is 2. The minimum absolute atomic E-state index is 0.00185. The van der Waals surface area contributed by atoms with E-state index in [1.807, 2.05) is 17.5 Å². The van der Waals surface area contributed by atoms with E-state index in [0.29, 0.717) is 17.1 Å². The van der Waals surface area contributed by atoms with Gasteiger partial charge in [-0.25, -0.2) is 13.1 Å². The molecule has 1 amide bonds. The summed E-state index contributed by atoms with van der Waals surface area (Å²) in [7, 11) is -0.492. The topological polar surface area (TPSA) is 93.7 Å². The summed E-state index contributed by atoms with van der Waals surface area (Å²) in [6, 6.07) is 8.47. The molecule has 136 valence electrons. The second kappa shape index (κ2) is 8.84. The van der Waals surface area contributed by atoms with E-state index in [2.05, 4.69) is 10.0 Å². The second-order valence-corrected chi connectivity index (χ2v) is 8.04. The third-order valence-corrected chi connectivity index (χ3v) is 5.52. The first-order valence-electron chi connectivity index (χ1n) is 7.44. The largest absolute Gasteiger partial charge is 0.497 e. The van der Waals surface area contributed by atoms with E-state index in [0.717, 1.165) is 4.88 Å². The van der Waals surface area contributed by atoms with Gasteiger partial charge < -0.3 is 14.8 Å². The van der Waals surface area contributed by atoms with Gasteiger partial charge in [-0.05, 0) is 23.6 Å². The van der Waals surface area contributed by atoms with Crippen molar-refractivity contribution in [2.45, 2.75) is 6.54 Å². The molecule has 0 spiro atoms. The van der Waals surface area contributed by atoms with Crippen LogP contribution in [0.5, 0.6) is 11.5 Å². The molecule has 0 fully saturated rings. The highest BCUT2D eigenvalue weighted by Gasteiger charge is 2.13. The standard InChI is InChI=1S/C16H20N2O5S2/c1-22-13-8-12(9-14(10-13)23-2)16(19)17-5-7-25(20,21)18-11-15-4-3-6-24-15/h3-4,6,8-10,18H,5,7,11H2,1-2H3,(H,17,19). The number of benzene rings is 1. The van der Waals surface area contributed by atoms with Gasteiger partial charge in [0.25, 0.3) is 5.91 Å². The summed E-state index contributed by atoms with van der Waals surface area (Å²) < 4.78 is 36.6. The lowest BCUT2D eigenvalue weighted by atomic mass is 10.2. The number of thiophene rings is 1. The molecule has 0 unspecified atom stereocenters. The molecule has 0 aliphatic heterocycles. The molecule has 0 saturated heterocycles. The molecule has 2 rings (SSSR count). The Morgan fingerprint density at radius 3 is 2.40 bits per heavy atom. The number of nitrogens with one attached hydrogen (secondary N) is 2. The smallest absolute Gasteiger partial charge is 0.251 e. The van der Waals surface area contributed by atoms with Crippen LogP contribution in [0.4, 0.5) is 0 Å². The SMILES string of the molecule is COc1cc(OC)cc(C(=O)NCCS(=O)(=O)NCc2cccs2)c1. The van der Waals surface area contributed by atoms with Crippen LogP contribution in [-0.4, -0.2) is 40.8 Å². The normalized spacial score (nSPS) is 11.1. The molecule has 0 bridgehead atoms. The molecule has 7 nitrogen and oxygen atoms in total. The Balaban J connectivity index is 1.87. The van der Waals surface area contributed by atoms with Crippen LogP contribution in [-0.2, 0) is 16.6 Å². The Bertz CT molecular complexity index is 782. The van der Waals surface area contributed by atoms with Crippen molar-refractivity contribution >= 4 is 27.3 Å². The number of ether oxygens (including phenoxy) is 2. The van der Waals surface area contributed by atoms with Gasteiger partial charge >= 0.3 is 0 Å². The summed E-state index contributed by atoms with van der Waals surface area (Å²) in [5.41, 5.74) is 0.333. The summed E-state index contributed by atoms with van der Waals surface area (Å²) >= 11 is 1.48. The highest BCUT2D eigenvalue weighted by atomic mass is 32.2. The highest BCUT2D eigenvalue weighted by Crippen LogP contribution is 2.22. The molecule has 2 aromatic rings. The molecular formula is C16H20N2O5S2. The average molecular weight is 384 g/mol. The number of amides is 1. The van der Waals surface area contributed by atoms with Gasteiger partial charge in [-0.2, -0.15) is 0 Å². The number of methoxy groups -OCH3 is 2. The molecule has 9 heteroatoms. The van der Waals surface area contributed by atoms with E-state index in [1.165, 1.54) is 25.6 Å². The zero-order valence-corrected chi connectivity index (χ0v) is 15.6. The Hall–Kier alpha value is -2.10. The van der Waals surface area contributed by atoms with E-state index >= 15 is 0 Å². The Kier molecular flexibility index (Phi) is 6.80. The van der Waals surface area contributed by atoms with Gasteiger partial charge in [-0.1, -0.05) is 6.07 Å². The van der Waals surface area contributed by atoms with Crippen molar-refractivity contribution < 1.29 is 22.7 Å². The first kappa shape index (κ1) is 19.2. The van der Waals surface area contributed by atoms with E-state index in [-0.39, 0.29) is 18.8 Å². The molecule has 1 aromatic heterocycles. The van der Waals surface area contributed by atoms with Crippen LogP contribution in [0.3, 0.4) is 0 Å². The van der Waals surface area contributed by atoms with Crippen LogP contribution in [0.25, 0.3) is 0 Å². The van der Waals surface area contributed by atoms with E-state index < -0.39 is 15.9 Å². The highest BCUT2D eigenvalue weighted by molar-refractivity contribution is 7.89. The predicted molar refractivity (Wildman–Crippen MR) is 96.8 cm³/mol. The number of carbonyl (C=O) groups excluding carboxylic acids is 1. The monoisotopic (exact) mass is 384 g/mol. The summed E-state index contributed by atoms with van der Waals surface area (Å²) in [5, 5.41) is 4.47. The summed E-state index contributed by atoms with van der Waals surface area (Å²) in [5.74, 6) is 0.362. The van der Waals surface area contributed by atoms with Gasteiger partial charge in [0.15, 0.2) is 0 Å². The van der Waals surface area contributed by atoms with Crippen molar-refractivity contribution in [2.75, 3.05) is 26.5 Å². The van der Waals surface area contributed by atoms with E-state index in [4.69, 9.17) is 9.47 Å². The fourth-order valence-electron chi connectivity index (χ4n) is 2.01. The van der Waals surface area contributed by atoms with Gasteiger partial charge in [0.1, 0.15) is 11.5 Å². The molecule has 1 heterocycles. The summed E-state index contributed by atoms with van der Waals surface area (Å²) in [4.78, 5) is 13.1. The van der Waals surface area contributed by atoms with E-state index in [9.17, 15) is 13.2 Å². The minimum Gasteiger partial charge on any atom is -0.497 e. The van der Waals surface area contributed by atoms with E-state index in [1.54, 1.807) is 18.2 Å². The van der Waals surface area contributed by atoms with Crippen LogP contribution in [0.15, 0.2) is 35.7 Å². The van der Waals surface area contributed by atoms with Crippen molar-refractivity contribution in [3.05, 3.63) is 46.2 Å². The molecule has 0 aliphatic carbocycles. The lowest BCUT2D eigenvalue weighted by Crippen LogP contribution is -2.34. The van der Waals surface area contributed by atoms with Crippen molar-refractivity contribution in [3.63, 3.8) is 0 Å². The molecule has 0 atom stereocenters. The lowest BCUT2D eigenvalue weighted by molar-refractivity contribution is 0.0955. The number of rotatable bonds is 9. The summed E-state index contributed by atoms with van der Waals surface area (Å²) in [6.45, 7) is 0.249. The number of sulfonamides is 1. The third-order valence-electron chi connectivity index (χ3n) is 3.32. The number of carbonyl (C=O) groups is 1. The zero-order valence-electron chi connectivity index (χ0n) is 13.9. The van der Waals surface area contributed by atoms with Gasteiger partial charge in [-0.3, -0.25) is 4.79 Å². The number of hydrogen-bond acceptors (Lipinski definition) is 6. The lowest BCUT2D eigenvalue weighted by Gasteiger charge is -2.10. The van der Waals surface area contributed by atoms with Crippen molar-refractivity contribution in [2.24, 2.45) is 0 Å². The first-order valence-corrected chi connectivity index (χ1v) is 9.97. The predicted octanol–water partition coefficient (Wildman–Crippen LogP) is 1.61. The maximum Gasteiger partial charge on any atom is 0.251 e. The quantitative estimate of drug-likeness (QED) is 0.685.